The molecular formula is C17H17ClFN5O2. The van der Waals surface area contributed by atoms with E-state index < -0.39 is 16.9 Å². The largest absolute Gasteiger partial charge is 0.381 e. The first kappa shape index (κ1) is 17.0. The Morgan fingerprint density at radius 3 is 2.69 bits per heavy atom. The fraction of sp³-hybridized carbons (Fsp3) is 0.412. The summed E-state index contributed by atoms with van der Waals surface area (Å²) in [6, 6.07) is 1.34. The minimum absolute atomic E-state index is 0.0513. The second kappa shape index (κ2) is 6.05. The molecule has 0 bridgehead atoms. The molecule has 1 spiro atoms. The van der Waals surface area contributed by atoms with E-state index in [1.807, 2.05) is 0 Å². The molecule has 2 aromatic heterocycles. The zero-order valence-corrected chi connectivity index (χ0v) is 14.6. The highest BCUT2D eigenvalue weighted by molar-refractivity contribution is 6.34. The summed E-state index contributed by atoms with van der Waals surface area (Å²) in [5.74, 6) is -1.52. The van der Waals surface area contributed by atoms with Crippen molar-refractivity contribution in [3.8, 4) is 0 Å². The number of carbonyl (C=O) groups is 1. The number of nitrogens with one attached hydrogen (secondary N) is 1. The maximum atomic E-state index is 14.1. The number of halogens is 2. The number of anilines is 3. The van der Waals surface area contributed by atoms with Gasteiger partial charge in [-0.15, -0.1) is 0 Å². The summed E-state index contributed by atoms with van der Waals surface area (Å²) >= 11 is 6.31. The van der Waals surface area contributed by atoms with Crippen LogP contribution in [0, 0.1) is 5.82 Å². The molecule has 0 unspecified atom stereocenters. The van der Waals surface area contributed by atoms with Crippen molar-refractivity contribution in [3.63, 3.8) is 0 Å². The van der Waals surface area contributed by atoms with E-state index in [4.69, 9.17) is 17.3 Å². The summed E-state index contributed by atoms with van der Waals surface area (Å²) in [6.07, 6.45) is 5.86. The predicted octanol–water partition coefficient (Wildman–Crippen LogP) is 3.00. The van der Waals surface area contributed by atoms with Crippen LogP contribution in [0.3, 0.4) is 0 Å². The molecule has 3 N–H and O–H groups in total. The van der Waals surface area contributed by atoms with Crippen LogP contribution in [0.2, 0.25) is 5.02 Å². The van der Waals surface area contributed by atoms with E-state index in [0.29, 0.717) is 0 Å². The van der Waals surface area contributed by atoms with Gasteiger partial charge >= 0.3 is 0 Å². The molecule has 0 atom stereocenters. The lowest BCUT2D eigenvalue weighted by Gasteiger charge is -2.35. The number of rotatable bonds is 2. The van der Waals surface area contributed by atoms with E-state index in [9.17, 15) is 14.0 Å². The molecule has 4 rings (SSSR count). The Labute approximate surface area is 153 Å². The summed E-state index contributed by atoms with van der Waals surface area (Å²) < 4.78 is 15.6. The van der Waals surface area contributed by atoms with Crippen molar-refractivity contribution in [2.24, 2.45) is 0 Å². The molecule has 1 fully saturated rings. The van der Waals surface area contributed by atoms with Gasteiger partial charge in [0.2, 0.25) is 5.82 Å². The molecule has 136 valence electrons. The molecule has 0 amide bonds. The Kier molecular flexibility index (Phi) is 3.95. The molecule has 7 nitrogen and oxygen atoms in total. The van der Waals surface area contributed by atoms with Crippen LogP contribution < -0.4 is 16.6 Å². The first-order valence-corrected chi connectivity index (χ1v) is 8.83. The van der Waals surface area contributed by atoms with E-state index in [0.717, 1.165) is 38.4 Å². The van der Waals surface area contributed by atoms with E-state index in [1.165, 1.54) is 10.6 Å². The minimum atomic E-state index is -0.850. The number of nitrogens with two attached hydrogens (primary N) is 1. The van der Waals surface area contributed by atoms with Gasteiger partial charge in [0, 0.05) is 6.42 Å². The first-order chi connectivity index (χ1) is 12.4. The maximum absolute atomic E-state index is 14.1. The van der Waals surface area contributed by atoms with Crippen LogP contribution in [0.1, 0.15) is 49.0 Å². The summed E-state index contributed by atoms with van der Waals surface area (Å²) in [4.78, 5) is 33.0. The predicted molar refractivity (Wildman–Crippen MR) is 95.4 cm³/mol. The molecule has 0 saturated heterocycles. The van der Waals surface area contributed by atoms with Gasteiger partial charge in [0.05, 0.1) is 10.6 Å². The van der Waals surface area contributed by atoms with Crippen molar-refractivity contribution in [1.29, 1.82) is 0 Å². The number of hydrogen-bond acceptors (Lipinski definition) is 6. The van der Waals surface area contributed by atoms with Crippen molar-refractivity contribution >= 4 is 34.7 Å². The lowest BCUT2D eigenvalue weighted by molar-refractivity contribution is 0.0950. The molecule has 1 aliphatic carbocycles. The minimum Gasteiger partial charge on any atom is -0.381 e. The van der Waals surface area contributed by atoms with Gasteiger partial charge in [-0.25, -0.2) is 9.97 Å². The zero-order chi connectivity index (χ0) is 18.5. The third kappa shape index (κ3) is 2.47. The molecule has 0 aromatic carbocycles. The first-order valence-electron chi connectivity index (χ1n) is 8.45. The lowest BCUT2D eigenvalue weighted by atomic mass is 9.80. The third-order valence-corrected chi connectivity index (χ3v) is 5.52. The average molecular weight is 378 g/mol. The van der Waals surface area contributed by atoms with Crippen LogP contribution >= 0.6 is 11.6 Å². The second-order valence-corrected chi connectivity index (χ2v) is 7.23. The van der Waals surface area contributed by atoms with Crippen molar-refractivity contribution in [2.45, 2.75) is 44.1 Å². The van der Waals surface area contributed by atoms with Gasteiger partial charge in [0.15, 0.2) is 17.4 Å². The van der Waals surface area contributed by atoms with Crippen LogP contribution in [0.15, 0.2) is 17.2 Å². The summed E-state index contributed by atoms with van der Waals surface area (Å²) in [7, 11) is 0. The molecule has 2 aliphatic rings. The van der Waals surface area contributed by atoms with Crippen molar-refractivity contribution < 1.29 is 9.18 Å². The zero-order valence-electron chi connectivity index (χ0n) is 13.9. The highest BCUT2D eigenvalue weighted by Gasteiger charge is 2.46. The Morgan fingerprint density at radius 2 is 1.96 bits per heavy atom. The van der Waals surface area contributed by atoms with E-state index in [-0.39, 0.29) is 40.2 Å². The van der Waals surface area contributed by atoms with Gasteiger partial charge in [-0.3, -0.25) is 14.2 Å². The molecule has 2 aromatic rings. The third-order valence-electron chi connectivity index (χ3n) is 5.24. The molecule has 3 heterocycles. The number of carbonyl (C=O) groups excluding carboxylic acids is 1. The van der Waals surface area contributed by atoms with Crippen LogP contribution in [-0.2, 0) is 5.54 Å². The van der Waals surface area contributed by atoms with Gasteiger partial charge in [0.1, 0.15) is 17.7 Å². The number of hydrogen-bond donors (Lipinski definition) is 2. The Morgan fingerprint density at radius 1 is 1.23 bits per heavy atom. The SMILES string of the molecule is Nc1ncnc(Nc2cc(Cl)c3n(c2=O)C2(CCCCC2)CC3=O)c1F. The van der Waals surface area contributed by atoms with Gasteiger partial charge in [-0.1, -0.05) is 30.9 Å². The summed E-state index contributed by atoms with van der Waals surface area (Å²) in [6.45, 7) is 0. The summed E-state index contributed by atoms with van der Waals surface area (Å²) in [5.41, 5.74) is 4.79. The van der Waals surface area contributed by atoms with E-state index in [1.54, 1.807) is 0 Å². The van der Waals surface area contributed by atoms with E-state index >= 15 is 0 Å². The Balaban J connectivity index is 1.86. The number of Topliss-reactive ketones (excluding diaryl/α,β-unsaturated/α-hetero) is 1. The second-order valence-electron chi connectivity index (χ2n) is 6.83. The number of fused-ring (bicyclic) bond motifs is 2. The van der Waals surface area contributed by atoms with Crippen LogP contribution in [-0.4, -0.2) is 20.3 Å². The average Bonchev–Trinajstić information content (AvgIpc) is 2.89. The van der Waals surface area contributed by atoms with Crippen molar-refractivity contribution in [3.05, 3.63) is 39.3 Å². The molecular weight excluding hydrogens is 361 g/mol. The highest BCUT2D eigenvalue weighted by atomic mass is 35.5. The Bertz CT molecular complexity index is 968. The Hall–Kier alpha value is -2.48. The molecule has 1 saturated carbocycles. The number of aromatic nitrogens is 3. The molecule has 1 aliphatic heterocycles. The van der Waals surface area contributed by atoms with Gasteiger partial charge in [0.25, 0.3) is 5.56 Å². The van der Waals surface area contributed by atoms with Gasteiger partial charge < -0.3 is 11.1 Å². The molecule has 26 heavy (non-hydrogen) atoms. The maximum Gasteiger partial charge on any atom is 0.275 e. The van der Waals surface area contributed by atoms with Gasteiger partial charge in [-0.2, -0.15) is 4.39 Å². The van der Waals surface area contributed by atoms with Crippen molar-refractivity contribution in [1.82, 2.24) is 14.5 Å². The van der Waals surface area contributed by atoms with Crippen LogP contribution in [0.4, 0.5) is 21.7 Å². The number of nitrogen functional groups attached to an aromatic ring is 1. The fourth-order valence-corrected chi connectivity index (χ4v) is 4.35. The normalized spacial score (nSPS) is 18.2. The van der Waals surface area contributed by atoms with E-state index in [2.05, 4.69) is 15.3 Å². The number of nitrogens with zero attached hydrogens (tertiary/aromatic N) is 3. The number of ketones is 1. The fourth-order valence-electron chi connectivity index (χ4n) is 4.06. The smallest absolute Gasteiger partial charge is 0.275 e. The molecule has 0 radical (unpaired) electrons. The standard InChI is InChI=1S/C17H17ClFN5O2/c18-9-6-10(23-15-12(19)14(20)21-8-22-15)16(26)24-13(9)11(25)7-17(24)4-2-1-3-5-17/h6,8H,1-5,7H2,(H3,20,21,22,23). The summed E-state index contributed by atoms with van der Waals surface area (Å²) in [5, 5.41) is 2.82. The van der Waals surface area contributed by atoms with Gasteiger partial charge in [-0.05, 0) is 18.9 Å². The van der Waals surface area contributed by atoms with Crippen molar-refractivity contribution in [2.75, 3.05) is 11.1 Å². The number of pyridine rings is 1. The quantitative estimate of drug-likeness (QED) is 0.833. The monoisotopic (exact) mass is 377 g/mol. The van der Waals surface area contributed by atoms with Crippen LogP contribution in [0.5, 0.6) is 0 Å². The highest BCUT2D eigenvalue weighted by Crippen LogP contribution is 2.44. The topological polar surface area (TPSA) is 103 Å². The lowest BCUT2D eigenvalue weighted by Crippen LogP contribution is -2.40. The molecule has 9 heteroatoms. The van der Waals surface area contributed by atoms with Crippen LogP contribution in [0.25, 0.3) is 0 Å².